The van der Waals surface area contributed by atoms with Crippen LogP contribution >= 0.6 is 0 Å². The van der Waals surface area contributed by atoms with Gasteiger partial charge in [0.05, 0.1) is 38.0 Å². The molecule has 0 bridgehead atoms. The molecule has 4 heterocycles. The lowest BCUT2D eigenvalue weighted by molar-refractivity contribution is -0.119. The number of aliphatic hydroxyl groups is 1. The molecule has 0 radical (unpaired) electrons. The van der Waals surface area contributed by atoms with E-state index in [9.17, 15) is 4.79 Å². The van der Waals surface area contributed by atoms with E-state index in [4.69, 9.17) is 33.8 Å². The first-order valence-electron chi connectivity index (χ1n) is 12.0. The number of aromatic amines is 4. The van der Waals surface area contributed by atoms with Crippen molar-refractivity contribution in [3.05, 3.63) is 72.9 Å². The maximum atomic E-state index is 10.5. The summed E-state index contributed by atoms with van der Waals surface area (Å²) >= 11 is 0. The molecule has 4 rings (SSSR count). The van der Waals surface area contributed by atoms with Gasteiger partial charge in [-0.2, -0.15) is 0 Å². The Morgan fingerprint density at radius 2 is 1.21 bits per heavy atom. The van der Waals surface area contributed by atoms with Gasteiger partial charge in [-0.3, -0.25) is 4.79 Å². The number of H-pyrrole nitrogens is 4. The molecule has 4 aromatic rings. The van der Waals surface area contributed by atoms with Crippen LogP contribution in [0.3, 0.4) is 0 Å². The Hall–Kier alpha value is -3.89. The van der Waals surface area contributed by atoms with Crippen LogP contribution in [0.25, 0.3) is 0 Å². The van der Waals surface area contributed by atoms with E-state index < -0.39 is 11.9 Å². The van der Waals surface area contributed by atoms with E-state index >= 15 is 0 Å². The van der Waals surface area contributed by atoms with E-state index in [1.165, 1.54) is 6.33 Å². The van der Waals surface area contributed by atoms with E-state index in [0.29, 0.717) is 19.4 Å². The molecule has 0 aliphatic rings. The zero-order valence-electron chi connectivity index (χ0n) is 21.6. The summed E-state index contributed by atoms with van der Waals surface area (Å²) in [5, 5.41) is 8.57. The summed E-state index contributed by atoms with van der Waals surface area (Å²) in [6, 6.07) is -0.596. The first kappa shape index (κ1) is 32.1. The van der Waals surface area contributed by atoms with Crippen molar-refractivity contribution < 1.29 is 9.90 Å². The van der Waals surface area contributed by atoms with Gasteiger partial charge in [-0.25, -0.2) is 19.9 Å². The van der Waals surface area contributed by atoms with Crippen molar-refractivity contribution in [2.45, 2.75) is 50.7 Å². The number of nitrogens with zero attached hydrogens (tertiary/aromatic N) is 4. The van der Waals surface area contributed by atoms with Crippen molar-refractivity contribution >= 4 is 5.91 Å². The second-order valence-electron chi connectivity index (χ2n) is 8.39. The highest BCUT2D eigenvalue weighted by Crippen LogP contribution is 1.96. The lowest BCUT2D eigenvalue weighted by Crippen LogP contribution is -2.38. The van der Waals surface area contributed by atoms with Gasteiger partial charge in [0.25, 0.3) is 0 Å². The highest BCUT2D eigenvalue weighted by atomic mass is 16.3. The lowest BCUT2D eigenvalue weighted by Gasteiger charge is -2.03. The van der Waals surface area contributed by atoms with Gasteiger partial charge in [0.1, 0.15) is 0 Å². The maximum Gasteiger partial charge on any atom is 0.234 e. The molecule has 0 aromatic carbocycles. The Bertz CT molecular complexity index is 1030. The fourth-order valence-electron chi connectivity index (χ4n) is 2.80. The number of carbonyl (C=O) groups excluding carboxylic acids is 1. The predicted molar refractivity (Wildman–Crippen MR) is 144 cm³/mol. The largest absolute Gasteiger partial charge is 0.395 e. The number of aromatic nitrogens is 8. The fourth-order valence-corrected chi connectivity index (χ4v) is 2.80. The van der Waals surface area contributed by atoms with Crippen LogP contribution in [0.1, 0.15) is 29.7 Å². The molecule has 15 N–H and O–H groups in total. The molecule has 0 fully saturated rings. The second-order valence-corrected chi connectivity index (χ2v) is 8.39. The second kappa shape index (κ2) is 19.3. The molecule has 0 saturated heterocycles. The number of rotatable bonds is 10. The summed E-state index contributed by atoms with van der Waals surface area (Å²) in [6.45, 7) is 2.67. The summed E-state index contributed by atoms with van der Waals surface area (Å²) in [5.74, 6) is -0.500. The molecule has 0 aliphatic carbocycles. The first-order chi connectivity index (χ1) is 18.2. The smallest absolute Gasteiger partial charge is 0.234 e. The molecular weight excluding hydrogens is 490 g/mol. The van der Waals surface area contributed by atoms with E-state index in [1.54, 1.807) is 43.8 Å². The number of nitrogens with two attached hydrogens (primary N) is 5. The Morgan fingerprint density at radius 3 is 1.55 bits per heavy atom. The normalized spacial score (nSPS) is 12.5. The van der Waals surface area contributed by atoms with E-state index in [0.717, 1.165) is 35.6 Å². The Balaban J connectivity index is 0.000000255. The molecule has 4 aromatic heterocycles. The molecule has 3 atom stereocenters. The number of imidazole rings is 4. The Kier molecular flexibility index (Phi) is 16.3. The third kappa shape index (κ3) is 15.3. The molecule has 0 saturated carbocycles. The zero-order valence-corrected chi connectivity index (χ0v) is 21.6. The molecular formula is C23H41N13O2. The molecule has 38 heavy (non-hydrogen) atoms. The van der Waals surface area contributed by atoms with Gasteiger partial charge in [0.2, 0.25) is 5.91 Å². The number of amides is 1. The average Bonchev–Trinajstić information content (AvgIpc) is 3.69. The van der Waals surface area contributed by atoms with Crippen LogP contribution in [-0.4, -0.2) is 82.2 Å². The van der Waals surface area contributed by atoms with E-state index in [2.05, 4.69) is 39.9 Å². The number of aliphatic hydroxyl groups excluding tert-OH is 1. The number of hydrogen-bond donors (Lipinski definition) is 10. The van der Waals surface area contributed by atoms with E-state index in [1.807, 2.05) is 6.92 Å². The summed E-state index contributed by atoms with van der Waals surface area (Å²) in [7, 11) is 0. The van der Waals surface area contributed by atoms with Crippen molar-refractivity contribution in [2.24, 2.45) is 28.7 Å². The molecule has 210 valence electrons. The summed E-state index contributed by atoms with van der Waals surface area (Å²) in [6.07, 6.45) is 16.2. The number of primary amides is 1. The number of carbonyl (C=O) groups is 1. The number of hydrogen-bond acceptors (Lipinski definition) is 10. The summed E-state index contributed by atoms with van der Waals surface area (Å²) in [5.41, 5.74) is 30.6. The minimum absolute atomic E-state index is 0.0129. The van der Waals surface area contributed by atoms with Gasteiger partial charge in [0.15, 0.2) is 0 Å². The van der Waals surface area contributed by atoms with E-state index in [-0.39, 0.29) is 18.7 Å². The topological polar surface area (TPSA) is 282 Å². The highest BCUT2D eigenvalue weighted by molar-refractivity contribution is 5.79. The van der Waals surface area contributed by atoms with Crippen LogP contribution in [0.5, 0.6) is 0 Å². The molecule has 15 heteroatoms. The SMILES string of the molecule is CC(N)Cc1cnc[nH]1.NC(=O)C(N)Cc1cnc[nH]1.NC(CO)Cc1cnc[nH]1.NCCc1cnc[nH]1. The molecule has 3 unspecified atom stereocenters. The summed E-state index contributed by atoms with van der Waals surface area (Å²) < 4.78 is 0. The van der Waals surface area contributed by atoms with Gasteiger partial charge in [-0.05, 0) is 13.5 Å². The van der Waals surface area contributed by atoms with Crippen molar-refractivity contribution in [1.29, 1.82) is 0 Å². The zero-order chi connectivity index (χ0) is 28.2. The van der Waals surface area contributed by atoms with Gasteiger partial charge < -0.3 is 53.7 Å². The Labute approximate surface area is 221 Å². The first-order valence-corrected chi connectivity index (χ1v) is 12.0. The molecule has 15 nitrogen and oxygen atoms in total. The van der Waals surface area contributed by atoms with Gasteiger partial charge in [-0.15, -0.1) is 0 Å². The van der Waals surface area contributed by atoms with Gasteiger partial charge >= 0.3 is 0 Å². The van der Waals surface area contributed by atoms with Crippen LogP contribution in [0, 0.1) is 0 Å². The quantitative estimate of drug-likeness (QED) is 0.110. The lowest BCUT2D eigenvalue weighted by atomic mass is 10.2. The highest BCUT2D eigenvalue weighted by Gasteiger charge is 2.09. The van der Waals surface area contributed by atoms with Crippen LogP contribution in [0.15, 0.2) is 50.1 Å². The van der Waals surface area contributed by atoms with Crippen LogP contribution in [0.4, 0.5) is 0 Å². The average molecular weight is 532 g/mol. The van der Waals surface area contributed by atoms with Crippen molar-refractivity contribution in [3.63, 3.8) is 0 Å². The van der Waals surface area contributed by atoms with Crippen LogP contribution in [-0.2, 0) is 30.5 Å². The van der Waals surface area contributed by atoms with Crippen molar-refractivity contribution in [1.82, 2.24) is 39.9 Å². The van der Waals surface area contributed by atoms with Crippen molar-refractivity contribution in [2.75, 3.05) is 13.2 Å². The third-order valence-electron chi connectivity index (χ3n) is 4.70. The minimum Gasteiger partial charge on any atom is -0.395 e. The number of nitrogens with one attached hydrogen (secondary N) is 4. The molecule has 0 aliphatic heterocycles. The molecule has 0 spiro atoms. The monoisotopic (exact) mass is 531 g/mol. The predicted octanol–water partition coefficient (Wildman–Crippen LogP) is -1.75. The molecule has 1 amide bonds. The van der Waals surface area contributed by atoms with Gasteiger partial charge in [-0.1, -0.05) is 0 Å². The van der Waals surface area contributed by atoms with Crippen LogP contribution < -0.4 is 28.7 Å². The van der Waals surface area contributed by atoms with Crippen LogP contribution in [0.2, 0.25) is 0 Å². The Morgan fingerprint density at radius 1 is 0.789 bits per heavy atom. The third-order valence-corrected chi connectivity index (χ3v) is 4.70. The van der Waals surface area contributed by atoms with Gasteiger partial charge in [0, 0.05) is 85.3 Å². The van der Waals surface area contributed by atoms with Crippen molar-refractivity contribution in [3.8, 4) is 0 Å². The standard InChI is InChI=1S/C6H10N4O.C6H11N3O.C6H11N3.C5H9N3/c7-5(6(8)11)1-4-2-9-3-10-4;7-5(3-10)1-6-2-8-4-9-6;1-5(7)2-6-3-8-4-9-6;6-2-1-5-3-7-4-8-5/h2-3,5H,1,7H2,(H2,8,11)(H,9,10);2,4-5,10H,1,3,7H2,(H,8,9);3-5H,2,7H2,1H3,(H,8,9);3-4H,1-2,6H2,(H,7,8). The maximum absolute atomic E-state index is 10.5. The minimum atomic E-state index is -0.629. The summed E-state index contributed by atoms with van der Waals surface area (Å²) in [4.78, 5) is 37.4. The fraction of sp³-hybridized carbons (Fsp3) is 0.435.